The Kier molecular flexibility index (Phi) is 6.12. The SMILES string of the molecule is CO/N=C(/C)[C@H]1/C(=N/OC)C[C@H]2[C@@H]3CC[C@H]4C[C@@H](OC(C)=O)CC[C@]4(C)[C@H]3CC[C@]12C. The minimum Gasteiger partial charge on any atom is -0.463 e. The van der Waals surface area contributed by atoms with Crippen molar-refractivity contribution in [2.24, 2.45) is 50.7 Å². The van der Waals surface area contributed by atoms with Crippen LogP contribution in [0.2, 0.25) is 0 Å². The summed E-state index contributed by atoms with van der Waals surface area (Å²) in [6, 6.07) is 0. The number of oxime groups is 2. The molecule has 4 rings (SSSR count). The number of hydrogen-bond acceptors (Lipinski definition) is 6. The van der Waals surface area contributed by atoms with Crippen molar-refractivity contribution in [2.75, 3.05) is 14.2 Å². The molecule has 0 aliphatic heterocycles. The number of esters is 1. The fraction of sp³-hybridized carbons (Fsp3) is 0.880. The Morgan fingerprint density at radius 1 is 0.968 bits per heavy atom. The summed E-state index contributed by atoms with van der Waals surface area (Å²) >= 11 is 0. The Morgan fingerprint density at radius 3 is 2.39 bits per heavy atom. The molecule has 0 bridgehead atoms. The maximum atomic E-state index is 11.5. The maximum absolute atomic E-state index is 11.5. The minimum absolute atomic E-state index is 0.116. The van der Waals surface area contributed by atoms with Crippen molar-refractivity contribution in [3.63, 3.8) is 0 Å². The summed E-state index contributed by atoms with van der Waals surface area (Å²) in [5.41, 5.74) is 2.67. The van der Waals surface area contributed by atoms with Crippen molar-refractivity contribution in [1.29, 1.82) is 0 Å². The van der Waals surface area contributed by atoms with Crippen LogP contribution < -0.4 is 0 Å². The largest absolute Gasteiger partial charge is 0.463 e. The number of rotatable bonds is 4. The van der Waals surface area contributed by atoms with Gasteiger partial charge in [0.25, 0.3) is 0 Å². The summed E-state index contributed by atoms with van der Waals surface area (Å²) in [5, 5.41) is 8.81. The molecular formula is C25H40N2O4. The van der Waals surface area contributed by atoms with Crippen LogP contribution in [0.15, 0.2) is 10.3 Å². The monoisotopic (exact) mass is 432 g/mol. The number of carbonyl (C=O) groups excluding carboxylic acids is 1. The van der Waals surface area contributed by atoms with E-state index in [0.29, 0.717) is 23.2 Å². The van der Waals surface area contributed by atoms with Gasteiger partial charge in [-0.2, -0.15) is 0 Å². The highest BCUT2D eigenvalue weighted by Crippen LogP contribution is 2.67. The summed E-state index contributed by atoms with van der Waals surface area (Å²) in [6.07, 6.45) is 9.32. The van der Waals surface area contributed by atoms with Crippen molar-refractivity contribution in [3.05, 3.63) is 0 Å². The molecule has 4 aliphatic carbocycles. The third kappa shape index (κ3) is 3.68. The molecule has 0 aromatic heterocycles. The van der Waals surface area contributed by atoms with E-state index in [2.05, 4.69) is 31.1 Å². The summed E-state index contributed by atoms with van der Waals surface area (Å²) < 4.78 is 5.62. The van der Waals surface area contributed by atoms with Crippen molar-refractivity contribution in [1.82, 2.24) is 0 Å². The average molecular weight is 433 g/mol. The second-order valence-electron chi connectivity index (χ2n) is 11.0. The summed E-state index contributed by atoms with van der Waals surface area (Å²) in [4.78, 5) is 21.9. The smallest absolute Gasteiger partial charge is 0.302 e. The predicted molar refractivity (Wildman–Crippen MR) is 121 cm³/mol. The van der Waals surface area contributed by atoms with E-state index in [0.717, 1.165) is 36.6 Å². The van der Waals surface area contributed by atoms with Gasteiger partial charge in [0.05, 0.1) is 11.4 Å². The second-order valence-corrected chi connectivity index (χ2v) is 11.0. The van der Waals surface area contributed by atoms with E-state index >= 15 is 0 Å². The van der Waals surface area contributed by atoms with Crippen molar-refractivity contribution >= 4 is 17.4 Å². The van der Waals surface area contributed by atoms with Gasteiger partial charge in [-0.15, -0.1) is 0 Å². The lowest BCUT2D eigenvalue weighted by Crippen LogP contribution is -2.54. The quantitative estimate of drug-likeness (QED) is 0.347. The van der Waals surface area contributed by atoms with Gasteiger partial charge in [-0.05, 0) is 92.8 Å². The zero-order chi connectivity index (χ0) is 22.4. The van der Waals surface area contributed by atoms with Crippen LogP contribution in [-0.4, -0.2) is 37.7 Å². The van der Waals surface area contributed by atoms with E-state index in [4.69, 9.17) is 14.4 Å². The van der Waals surface area contributed by atoms with Gasteiger partial charge in [0.15, 0.2) is 0 Å². The van der Waals surface area contributed by atoms with Crippen molar-refractivity contribution in [2.45, 2.75) is 85.2 Å². The second kappa shape index (κ2) is 8.40. The molecule has 6 heteroatoms. The van der Waals surface area contributed by atoms with Crippen LogP contribution in [0.25, 0.3) is 0 Å². The Balaban J connectivity index is 1.60. The number of carbonyl (C=O) groups is 1. The van der Waals surface area contributed by atoms with Gasteiger partial charge in [0.1, 0.15) is 20.3 Å². The van der Waals surface area contributed by atoms with E-state index in [-0.39, 0.29) is 23.4 Å². The van der Waals surface area contributed by atoms with E-state index in [1.165, 1.54) is 39.0 Å². The molecule has 0 heterocycles. The summed E-state index contributed by atoms with van der Waals surface area (Å²) in [7, 11) is 3.27. The summed E-state index contributed by atoms with van der Waals surface area (Å²) in [6.45, 7) is 8.61. The van der Waals surface area contributed by atoms with E-state index in [1.807, 2.05) is 0 Å². The first-order valence-electron chi connectivity index (χ1n) is 12.1. The van der Waals surface area contributed by atoms with E-state index in [9.17, 15) is 4.79 Å². The first-order valence-corrected chi connectivity index (χ1v) is 12.1. The lowest BCUT2D eigenvalue weighted by atomic mass is 9.44. The normalized spacial score (nSPS) is 46.0. The van der Waals surface area contributed by atoms with E-state index in [1.54, 1.807) is 14.2 Å². The van der Waals surface area contributed by atoms with Gasteiger partial charge >= 0.3 is 5.97 Å². The topological polar surface area (TPSA) is 69.5 Å². The number of fused-ring (bicyclic) bond motifs is 5. The third-order valence-corrected chi connectivity index (χ3v) is 9.67. The molecule has 0 radical (unpaired) electrons. The van der Waals surface area contributed by atoms with Gasteiger partial charge in [0, 0.05) is 12.8 Å². The Morgan fingerprint density at radius 2 is 1.71 bits per heavy atom. The first-order chi connectivity index (χ1) is 14.7. The van der Waals surface area contributed by atoms with Gasteiger partial charge < -0.3 is 14.4 Å². The first kappa shape index (κ1) is 22.6. The van der Waals surface area contributed by atoms with Gasteiger partial charge in [-0.3, -0.25) is 4.79 Å². The molecule has 4 saturated carbocycles. The fourth-order valence-electron chi connectivity index (χ4n) is 8.50. The maximum Gasteiger partial charge on any atom is 0.302 e. The molecule has 6 nitrogen and oxygen atoms in total. The van der Waals surface area contributed by atoms with Crippen molar-refractivity contribution < 1.29 is 19.2 Å². The number of ether oxygens (including phenoxy) is 1. The Bertz CT molecular complexity index is 765. The average Bonchev–Trinajstić information content (AvgIpc) is 3.00. The predicted octanol–water partition coefficient (Wildman–Crippen LogP) is 5.21. The minimum atomic E-state index is -0.134. The molecule has 0 saturated heterocycles. The van der Waals surface area contributed by atoms with Crippen LogP contribution in [-0.2, 0) is 19.2 Å². The van der Waals surface area contributed by atoms with E-state index < -0.39 is 0 Å². The highest BCUT2D eigenvalue weighted by Gasteiger charge is 2.62. The van der Waals surface area contributed by atoms with Gasteiger partial charge in [0.2, 0.25) is 0 Å². The highest BCUT2D eigenvalue weighted by molar-refractivity contribution is 6.08. The standard InChI is InChI=1S/C25H40N2O4/c1-15(26-29-5)23-22(27-30-6)14-21-19-8-7-17-13-18(31-16(2)28)9-11-24(17,3)20(19)10-12-25(21,23)4/h17-21,23H,7-14H2,1-6H3/b26-15-,27-22+/t17-,18-,19+,20-,21-,23-,24-,25-/m0/s1. The highest BCUT2D eigenvalue weighted by atomic mass is 16.6. The van der Waals surface area contributed by atoms with Crippen LogP contribution in [0.5, 0.6) is 0 Å². The van der Waals surface area contributed by atoms with Crippen LogP contribution >= 0.6 is 0 Å². The molecule has 0 aromatic carbocycles. The number of hydrogen-bond donors (Lipinski definition) is 0. The Labute approximate surface area is 187 Å². The molecular weight excluding hydrogens is 392 g/mol. The zero-order valence-electron chi connectivity index (χ0n) is 20.1. The molecule has 0 N–H and O–H groups in total. The Hall–Kier alpha value is -1.59. The summed E-state index contributed by atoms with van der Waals surface area (Å²) in [5.74, 6) is 2.79. The molecule has 8 atom stereocenters. The molecule has 0 spiro atoms. The third-order valence-electron chi connectivity index (χ3n) is 9.67. The molecule has 4 fully saturated rings. The van der Waals surface area contributed by atoms with Crippen LogP contribution in [0.4, 0.5) is 0 Å². The molecule has 0 amide bonds. The molecule has 4 aliphatic rings. The fourth-order valence-corrected chi connectivity index (χ4v) is 8.50. The van der Waals surface area contributed by atoms with Crippen LogP contribution in [0, 0.1) is 40.4 Å². The zero-order valence-corrected chi connectivity index (χ0v) is 20.1. The molecule has 31 heavy (non-hydrogen) atoms. The molecule has 0 aromatic rings. The van der Waals surface area contributed by atoms with Gasteiger partial charge in [-0.1, -0.05) is 24.2 Å². The molecule has 0 unspecified atom stereocenters. The lowest BCUT2D eigenvalue weighted by Gasteiger charge is -2.60. The van der Waals surface area contributed by atoms with Crippen LogP contribution in [0.3, 0.4) is 0 Å². The van der Waals surface area contributed by atoms with Crippen LogP contribution in [0.1, 0.15) is 79.1 Å². The number of nitrogens with zero attached hydrogens (tertiary/aromatic N) is 2. The molecule has 174 valence electrons. The lowest BCUT2D eigenvalue weighted by molar-refractivity contribution is -0.159. The van der Waals surface area contributed by atoms with Gasteiger partial charge in [-0.25, -0.2) is 0 Å². The van der Waals surface area contributed by atoms with Crippen molar-refractivity contribution in [3.8, 4) is 0 Å².